The lowest BCUT2D eigenvalue weighted by molar-refractivity contribution is -0.145. The van der Waals surface area contributed by atoms with Crippen molar-refractivity contribution in [2.75, 3.05) is 5.75 Å². The summed E-state index contributed by atoms with van der Waals surface area (Å²) in [5.41, 5.74) is 0. The van der Waals surface area contributed by atoms with Crippen LogP contribution in [0.5, 0.6) is 0 Å². The van der Waals surface area contributed by atoms with Gasteiger partial charge < -0.3 is 4.74 Å². The zero-order valence-electron chi connectivity index (χ0n) is 6.07. The van der Waals surface area contributed by atoms with Gasteiger partial charge in [-0.15, -0.1) is 0 Å². The summed E-state index contributed by atoms with van der Waals surface area (Å²) in [6.45, 7) is 3.19. The molecule has 2 nitrogen and oxygen atoms in total. The second-order valence-corrected chi connectivity index (χ2v) is 3.09. The molecule has 0 N–H and O–H groups in total. The predicted octanol–water partition coefficient (Wildman–Crippen LogP) is 1.17. The normalized spacial score (nSPS) is 16.0. The zero-order valence-corrected chi connectivity index (χ0v) is 7.86. The minimum atomic E-state index is -0.270. The van der Waals surface area contributed by atoms with Crippen LogP contribution in [0.25, 0.3) is 0 Å². The van der Waals surface area contributed by atoms with Gasteiger partial charge in [-0.1, -0.05) is 0 Å². The number of carbonyl (C=O) groups is 1. The fourth-order valence-corrected chi connectivity index (χ4v) is 0.847. The van der Waals surface area contributed by atoms with E-state index in [1.54, 1.807) is 6.92 Å². The fourth-order valence-electron chi connectivity index (χ4n) is 0.489. The molecule has 4 heteroatoms. The van der Waals surface area contributed by atoms with Gasteiger partial charge in [-0.3, -0.25) is 4.79 Å². The SMILES string of the molecule is CC(=O)OC(C)C(S)CS. The average molecular weight is 180 g/mol. The van der Waals surface area contributed by atoms with Gasteiger partial charge in [0.1, 0.15) is 6.10 Å². The van der Waals surface area contributed by atoms with Gasteiger partial charge in [0, 0.05) is 17.9 Å². The van der Waals surface area contributed by atoms with Gasteiger partial charge in [0.2, 0.25) is 0 Å². The van der Waals surface area contributed by atoms with Crippen molar-refractivity contribution >= 4 is 31.2 Å². The number of thiol groups is 2. The van der Waals surface area contributed by atoms with Crippen molar-refractivity contribution in [1.82, 2.24) is 0 Å². The summed E-state index contributed by atoms with van der Waals surface area (Å²) in [6.07, 6.45) is -0.154. The minimum Gasteiger partial charge on any atom is -0.462 e. The van der Waals surface area contributed by atoms with E-state index in [1.165, 1.54) is 6.92 Å². The monoisotopic (exact) mass is 180 g/mol. The molecule has 2 atom stereocenters. The van der Waals surface area contributed by atoms with E-state index in [9.17, 15) is 4.79 Å². The summed E-state index contributed by atoms with van der Waals surface area (Å²) in [4.78, 5) is 10.4. The maximum Gasteiger partial charge on any atom is 0.302 e. The van der Waals surface area contributed by atoms with Gasteiger partial charge in [0.15, 0.2) is 0 Å². The maximum atomic E-state index is 10.4. The molecule has 60 valence electrons. The standard InChI is InChI=1S/C6H12O2S2/c1-4(6(10)3-9)8-5(2)7/h4,6,9-10H,3H2,1-2H3. The molecule has 0 aromatic heterocycles. The molecule has 0 aliphatic carbocycles. The third-order valence-electron chi connectivity index (χ3n) is 1.08. The molecule has 0 radical (unpaired) electrons. The molecule has 0 rings (SSSR count). The highest BCUT2D eigenvalue weighted by molar-refractivity contribution is 7.84. The molecule has 0 saturated heterocycles. The third kappa shape index (κ3) is 4.06. The topological polar surface area (TPSA) is 26.3 Å². The Morgan fingerprint density at radius 3 is 2.50 bits per heavy atom. The summed E-state index contributed by atoms with van der Waals surface area (Å²) in [5.74, 6) is 0.339. The summed E-state index contributed by atoms with van der Waals surface area (Å²) >= 11 is 8.16. The molecule has 0 spiro atoms. The minimum absolute atomic E-state index is 0.0206. The molecule has 0 aromatic rings. The van der Waals surface area contributed by atoms with Gasteiger partial charge in [0.25, 0.3) is 0 Å². The highest BCUT2D eigenvalue weighted by Gasteiger charge is 2.13. The van der Waals surface area contributed by atoms with Crippen LogP contribution in [0.3, 0.4) is 0 Å². The summed E-state index contributed by atoms with van der Waals surface area (Å²) < 4.78 is 4.84. The molecule has 0 aliphatic heterocycles. The quantitative estimate of drug-likeness (QED) is 0.503. The lowest BCUT2D eigenvalue weighted by atomic mass is 10.3. The largest absolute Gasteiger partial charge is 0.462 e. The van der Waals surface area contributed by atoms with Crippen molar-refractivity contribution in [2.45, 2.75) is 25.2 Å². The second kappa shape index (κ2) is 4.91. The van der Waals surface area contributed by atoms with E-state index in [2.05, 4.69) is 25.3 Å². The number of carbonyl (C=O) groups excluding carboxylic acids is 1. The Morgan fingerprint density at radius 1 is 1.70 bits per heavy atom. The Hall–Kier alpha value is 0.170. The molecule has 0 saturated carbocycles. The van der Waals surface area contributed by atoms with E-state index in [-0.39, 0.29) is 17.3 Å². The van der Waals surface area contributed by atoms with Crippen LogP contribution in [-0.2, 0) is 9.53 Å². The summed E-state index contributed by atoms with van der Waals surface area (Å²) in [5, 5.41) is 0.0206. The van der Waals surface area contributed by atoms with E-state index in [0.29, 0.717) is 5.75 Å². The van der Waals surface area contributed by atoms with Gasteiger partial charge in [-0.2, -0.15) is 25.3 Å². The Kier molecular flexibility index (Phi) is 4.99. The van der Waals surface area contributed by atoms with Crippen LogP contribution in [-0.4, -0.2) is 23.1 Å². The van der Waals surface area contributed by atoms with Gasteiger partial charge in [-0.25, -0.2) is 0 Å². The van der Waals surface area contributed by atoms with E-state index in [0.717, 1.165) is 0 Å². The predicted molar refractivity (Wildman–Crippen MR) is 47.9 cm³/mol. The Labute approximate surface area is 72.1 Å². The summed E-state index contributed by atoms with van der Waals surface area (Å²) in [7, 11) is 0. The number of hydrogen-bond acceptors (Lipinski definition) is 4. The van der Waals surface area contributed by atoms with Crippen molar-refractivity contribution in [2.24, 2.45) is 0 Å². The molecule has 10 heavy (non-hydrogen) atoms. The Morgan fingerprint density at radius 2 is 2.20 bits per heavy atom. The van der Waals surface area contributed by atoms with E-state index < -0.39 is 0 Å². The first-order chi connectivity index (χ1) is 4.57. The molecule has 0 aliphatic rings. The number of esters is 1. The molecule has 0 fully saturated rings. The Balaban J connectivity index is 3.61. The van der Waals surface area contributed by atoms with Crippen molar-refractivity contribution in [1.29, 1.82) is 0 Å². The third-order valence-corrected chi connectivity index (χ3v) is 2.36. The highest BCUT2D eigenvalue weighted by atomic mass is 32.1. The molecule has 0 aromatic carbocycles. The average Bonchev–Trinajstić information content (AvgIpc) is 1.85. The molecular weight excluding hydrogens is 168 g/mol. The van der Waals surface area contributed by atoms with Gasteiger partial charge in [-0.05, 0) is 6.92 Å². The number of ether oxygens (including phenoxy) is 1. The first-order valence-electron chi connectivity index (χ1n) is 3.04. The van der Waals surface area contributed by atoms with Crippen LogP contribution in [0.2, 0.25) is 0 Å². The molecular formula is C6H12O2S2. The van der Waals surface area contributed by atoms with Crippen molar-refractivity contribution in [3.63, 3.8) is 0 Å². The zero-order chi connectivity index (χ0) is 8.15. The van der Waals surface area contributed by atoms with Crippen LogP contribution in [0.15, 0.2) is 0 Å². The lowest BCUT2D eigenvalue weighted by Gasteiger charge is -2.16. The summed E-state index contributed by atoms with van der Waals surface area (Å²) in [6, 6.07) is 0. The molecule has 0 amide bonds. The van der Waals surface area contributed by atoms with Crippen LogP contribution in [0.1, 0.15) is 13.8 Å². The van der Waals surface area contributed by atoms with Crippen molar-refractivity contribution in [3.8, 4) is 0 Å². The van der Waals surface area contributed by atoms with Crippen LogP contribution in [0.4, 0.5) is 0 Å². The van der Waals surface area contributed by atoms with Crippen LogP contribution in [0, 0.1) is 0 Å². The lowest BCUT2D eigenvalue weighted by Crippen LogP contribution is -2.24. The molecule has 2 unspecified atom stereocenters. The molecule has 0 bridgehead atoms. The fraction of sp³-hybridized carbons (Fsp3) is 0.833. The van der Waals surface area contributed by atoms with Crippen LogP contribution < -0.4 is 0 Å². The number of rotatable bonds is 3. The van der Waals surface area contributed by atoms with Gasteiger partial charge in [0.05, 0.1) is 0 Å². The van der Waals surface area contributed by atoms with Crippen molar-refractivity contribution in [3.05, 3.63) is 0 Å². The highest BCUT2D eigenvalue weighted by Crippen LogP contribution is 2.07. The van der Waals surface area contributed by atoms with Crippen LogP contribution >= 0.6 is 25.3 Å². The maximum absolute atomic E-state index is 10.4. The smallest absolute Gasteiger partial charge is 0.302 e. The van der Waals surface area contributed by atoms with E-state index >= 15 is 0 Å². The second-order valence-electron chi connectivity index (χ2n) is 2.06. The van der Waals surface area contributed by atoms with Gasteiger partial charge >= 0.3 is 5.97 Å². The van der Waals surface area contributed by atoms with E-state index in [1.807, 2.05) is 0 Å². The first kappa shape index (κ1) is 10.2. The van der Waals surface area contributed by atoms with Crippen molar-refractivity contribution < 1.29 is 9.53 Å². The van der Waals surface area contributed by atoms with E-state index in [4.69, 9.17) is 4.74 Å². The number of hydrogen-bond donors (Lipinski definition) is 2. The Bertz CT molecular complexity index is 116. The first-order valence-corrected chi connectivity index (χ1v) is 4.19. The molecule has 0 heterocycles.